The Kier molecular flexibility index (Phi) is 4.96. The van der Waals surface area contributed by atoms with Gasteiger partial charge in [0.15, 0.2) is 17.5 Å². The SMILES string of the molecule is [2H]c1c([2H])c([2H])c(-c2c([2H])c([2H])c([2H])c3c2sc2c([2H])c([2H])c([2H])c(-c4nc(-c5ccccc5)nc(-c5ccc(-c6ccc(-c7ccccc7)cc6)cc5)n4)c23)c([2H])c1[2H]. The summed E-state index contributed by atoms with van der Waals surface area (Å²) in [5.41, 5.74) is 4.92. The van der Waals surface area contributed by atoms with E-state index in [4.69, 9.17) is 28.7 Å². The van der Waals surface area contributed by atoms with Gasteiger partial charge in [0.25, 0.3) is 0 Å². The van der Waals surface area contributed by atoms with Crippen LogP contribution < -0.4 is 0 Å². The minimum absolute atomic E-state index is 0.00847. The van der Waals surface area contributed by atoms with Gasteiger partial charge in [-0.25, -0.2) is 15.0 Å². The molecule has 0 aliphatic carbocycles. The van der Waals surface area contributed by atoms with E-state index in [1.165, 1.54) is 0 Å². The summed E-state index contributed by atoms with van der Waals surface area (Å²) in [5, 5.41) is 0.124. The Morgan fingerprint density at radius 1 is 0.388 bits per heavy atom. The average molecular weight is 655 g/mol. The van der Waals surface area contributed by atoms with Gasteiger partial charge in [-0.15, -0.1) is 11.3 Å². The largest absolute Gasteiger partial charge is 0.208 e. The minimum atomic E-state index is -0.634. The molecule has 0 amide bonds. The maximum atomic E-state index is 9.27. The van der Waals surface area contributed by atoms with Crippen LogP contribution in [0.5, 0.6) is 0 Å². The van der Waals surface area contributed by atoms with E-state index < -0.39 is 60.4 Å². The molecule has 9 rings (SSSR count). The van der Waals surface area contributed by atoms with Gasteiger partial charge in [-0.3, -0.25) is 0 Å². The van der Waals surface area contributed by atoms with Crippen molar-refractivity contribution in [2.75, 3.05) is 0 Å². The molecule has 49 heavy (non-hydrogen) atoms. The second kappa shape index (κ2) is 12.4. The Bertz CT molecular complexity index is 3170. The van der Waals surface area contributed by atoms with Crippen LogP contribution in [0.4, 0.5) is 0 Å². The van der Waals surface area contributed by atoms with Crippen molar-refractivity contribution in [2.45, 2.75) is 0 Å². The van der Waals surface area contributed by atoms with Gasteiger partial charge < -0.3 is 0 Å². The van der Waals surface area contributed by atoms with Crippen LogP contribution in [-0.4, -0.2) is 15.0 Å². The van der Waals surface area contributed by atoms with E-state index in [9.17, 15) is 1.37 Å². The first kappa shape index (κ1) is 19.6. The van der Waals surface area contributed by atoms with E-state index in [0.29, 0.717) is 11.1 Å². The molecule has 0 N–H and O–H groups in total. The molecule has 0 aliphatic heterocycles. The molecule has 0 fully saturated rings. The fourth-order valence-corrected chi connectivity index (χ4v) is 6.95. The maximum Gasteiger partial charge on any atom is 0.164 e. The number of benzene rings is 7. The summed E-state index contributed by atoms with van der Waals surface area (Å²) < 4.78 is 96.6. The number of rotatable bonds is 6. The third-order valence-corrected chi connectivity index (χ3v) is 9.36. The Hall–Kier alpha value is -6.23. The lowest BCUT2D eigenvalue weighted by Gasteiger charge is -2.10. The Morgan fingerprint density at radius 2 is 0.878 bits per heavy atom. The first-order chi connectivity index (χ1) is 28.8. The van der Waals surface area contributed by atoms with Gasteiger partial charge >= 0.3 is 0 Å². The molecule has 0 saturated carbocycles. The second-order valence-electron chi connectivity index (χ2n) is 11.2. The molecule has 7 aromatic carbocycles. The van der Waals surface area contributed by atoms with Crippen LogP contribution in [-0.2, 0) is 0 Å². The quantitative estimate of drug-likeness (QED) is 0.179. The predicted molar refractivity (Wildman–Crippen MR) is 205 cm³/mol. The first-order valence-electron chi connectivity index (χ1n) is 21.0. The zero-order valence-electron chi connectivity index (χ0n) is 36.6. The predicted octanol–water partition coefficient (Wildman–Crippen LogP) is 12.2. The van der Waals surface area contributed by atoms with Crippen molar-refractivity contribution in [3.8, 4) is 67.5 Å². The smallest absolute Gasteiger partial charge is 0.164 e. The van der Waals surface area contributed by atoms with Gasteiger partial charge in [0, 0.05) is 36.9 Å². The highest BCUT2D eigenvalue weighted by Gasteiger charge is 2.18. The van der Waals surface area contributed by atoms with Gasteiger partial charge in [0.1, 0.15) is 0 Å². The van der Waals surface area contributed by atoms with Crippen molar-refractivity contribution >= 4 is 31.5 Å². The van der Waals surface area contributed by atoms with Gasteiger partial charge in [-0.1, -0.05) is 170 Å². The normalized spacial score (nSPS) is 14.4. The molecule has 0 atom stereocenters. The van der Waals surface area contributed by atoms with Crippen LogP contribution in [0.3, 0.4) is 0 Å². The Labute approximate surface area is 304 Å². The lowest BCUT2D eigenvalue weighted by molar-refractivity contribution is 1.08. The number of aromatic nitrogens is 3. The summed E-state index contributed by atoms with van der Waals surface area (Å²) in [4.78, 5) is 14.5. The molecular formula is C45H29N3S. The van der Waals surface area contributed by atoms with Crippen LogP contribution in [0, 0.1) is 0 Å². The van der Waals surface area contributed by atoms with E-state index in [1.54, 1.807) is 0 Å². The zero-order chi connectivity index (χ0) is 42.1. The van der Waals surface area contributed by atoms with E-state index in [1.807, 2.05) is 72.8 Å². The summed E-state index contributed by atoms with van der Waals surface area (Å²) in [6.07, 6.45) is 0. The van der Waals surface area contributed by atoms with Crippen LogP contribution in [0.25, 0.3) is 87.7 Å². The molecule has 2 heterocycles. The minimum Gasteiger partial charge on any atom is -0.208 e. The van der Waals surface area contributed by atoms with E-state index in [0.717, 1.165) is 33.6 Å². The number of fused-ring (bicyclic) bond motifs is 3. The number of hydrogen-bond donors (Lipinski definition) is 0. The first-order valence-corrected chi connectivity index (χ1v) is 16.3. The van der Waals surface area contributed by atoms with Crippen molar-refractivity contribution in [1.29, 1.82) is 0 Å². The maximum absolute atomic E-state index is 9.27. The molecule has 0 saturated heterocycles. The lowest BCUT2D eigenvalue weighted by Crippen LogP contribution is -2.00. The van der Waals surface area contributed by atoms with Crippen LogP contribution in [0.15, 0.2) is 176 Å². The Balaban J connectivity index is 1.27. The molecule has 4 heteroatoms. The fourth-order valence-electron chi connectivity index (χ4n) is 5.83. The second-order valence-corrected chi connectivity index (χ2v) is 12.2. The van der Waals surface area contributed by atoms with Gasteiger partial charge in [0.2, 0.25) is 0 Å². The van der Waals surface area contributed by atoms with Crippen molar-refractivity contribution in [3.63, 3.8) is 0 Å². The van der Waals surface area contributed by atoms with E-state index in [2.05, 4.69) is 36.4 Å². The lowest BCUT2D eigenvalue weighted by atomic mass is 9.99. The molecule has 0 aliphatic rings. The summed E-state index contributed by atoms with van der Waals surface area (Å²) in [7, 11) is 0. The van der Waals surface area contributed by atoms with Crippen molar-refractivity contribution in [1.82, 2.24) is 15.0 Å². The summed E-state index contributed by atoms with van der Waals surface area (Å²) in [6.45, 7) is 0. The average Bonchev–Trinajstić information content (AvgIpc) is 3.68. The highest BCUT2D eigenvalue weighted by Crippen LogP contribution is 2.43. The summed E-state index contributed by atoms with van der Waals surface area (Å²) in [6, 6.07) is 29.3. The van der Waals surface area contributed by atoms with Crippen LogP contribution in [0.1, 0.15) is 15.1 Å². The topological polar surface area (TPSA) is 38.7 Å². The van der Waals surface area contributed by atoms with E-state index in [-0.39, 0.29) is 60.4 Å². The Morgan fingerprint density at radius 3 is 1.51 bits per heavy atom. The van der Waals surface area contributed by atoms with Gasteiger partial charge in [-0.05, 0) is 39.4 Å². The molecule has 0 unspecified atom stereocenters. The molecule has 9 aromatic rings. The number of thiophene rings is 1. The highest BCUT2D eigenvalue weighted by atomic mass is 32.1. The van der Waals surface area contributed by atoms with Crippen LogP contribution >= 0.6 is 11.3 Å². The van der Waals surface area contributed by atoms with Crippen molar-refractivity contribution < 1.29 is 15.1 Å². The monoisotopic (exact) mass is 654 g/mol. The van der Waals surface area contributed by atoms with Crippen molar-refractivity contribution in [3.05, 3.63) is 176 Å². The van der Waals surface area contributed by atoms with Gasteiger partial charge in [-0.2, -0.15) is 0 Å². The highest BCUT2D eigenvalue weighted by molar-refractivity contribution is 7.26. The molecule has 0 spiro atoms. The molecule has 0 bridgehead atoms. The van der Waals surface area contributed by atoms with Gasteiger partial charge in [0.05, 0.1) is 15.1 Å². The summed E-state index contributed by atoms with van der Waals surface area (Å²) >= 11 is 0.891. The third-order valence-electron chi connectivity index (χ3n) is 8.23. The molecule has 0 radical (unpaired) electrons. The van der Waals surface area contributed by atoms with Crippen molar-refractivity contribution in [2.24, 2.45) is 0 Å². The standard InChI is InChI=1S/C45H29N3S/c1-4-12-30(13-5-1)31-22-24-32(25-23-31)33-26-28-36(29-27-33)44-46-43(35-16-8-3-9-17-35)47-45(48-44)39-20-11-21-40-41(39)38-19-10-18-37(42(38)49-40)34-14-6-2-7-15-34/h1-29H/i2D,6D,7D,10D,11D,14D,15D,18D,19D,20D,21D. The van der Waals surface area contributed by atoms with E-state index >= 15 is 0 Å². The molecule has 230 valence electrons. The fraction of sp³-hybridized carbons (Fsp3) is 0. The molecule has 3 nitrogen and oxygen atoms in total. The third kappa shape index (κ3) is 5.48. The zero-order valence-corrected chi connectivity index (χ0v) is 26.5. The number of hydrogen-bond acceptors (Lipinski definition) is 4. The molecular weight excluding hydrogens is 615 g/mol. The molecule has 2 aromatic heterocycles. The van der Waals surface area contributed by atoms with Crippen LogP contribution in [0.2, 0.25) is 0 Å². The summed E-state index contributed by atoms with van der Waals surface area (Å²) in [5.74, 6) is 0.470. The number of nitrogens with zero attached hydrogens (tertiary/aromatic N) is 3.